The van der Waals surface area contributed by atoms with Crippen molar-refractivity contribution in [1.82, 2.24) is 4.90 Å². The third kappa shape index (κ3) is 10.3. The highest BCUT2D eigenvalue weighted by atomic mass is 32.2. The van der Waals surface area contributed by atoms with Gasteiger partial charge < -0.3 is 20.0 Å². The van der Waals surface area contributed by atoms with E-state index in [-0.39, 0.29) is 34.9 Å². The second kappa shape index (κ2) is 17.7. The average Bonchev–Trinajstić information content (AvgIpc) is 2.99. The molecule has 0 aliphatic heterocycles. The van der Waals surface area contributed by atoms with Gasteiger partial charge in [-0.25, -0.2) is 0 Å². The number of nitrogens with zero attached hydrogens (tertiary/aromatic N) is 2. The van der Waals surface area contributed by atoms with Gasteiger partial charge in [0.2, 0.25) is 0 Å². The van der Waals surface area contributed by atoms with Crippen LogP contribution in [0.25, 0.3) is 0 Å². The summed E-state index contributed by atoms with van der Waals surface area (Å²) >= 11 is 0. The highest BCUT2D eigenvalue weighted by molar-refractivity contribution is 7.85. The number of unbranched alkanes of at least 4 members (excludes halogenated alkanes) is 8. The van der Waals surface area contributed by atoms with E-state index in [4.69, 9.17) is 4.55 Å². The summed E-state index contributed by atoms with van der Waals surface area (Å²) in [5.74, 6) is -2.17. The molecule has 45 heavy (non-hydrogen) atoms. The number of ketones is 2. The summed E-state index contributed by atoms with van der Waals surface area (Å²) in [6, 6.07) is 5.34. The predicted octanol–water partition coefficient (Wildman–Crippen LogP) is 6.09. The van der Waals surface area contributed by atoms with E-state index in [1.165, 1.54) is 63.5 Å². The molecule has 250 valence electrons. The van der Waals surface area contributed by atoms with E-state index in [1.54, 1.807) is 18.2 Å². The Hall–Kier alpha value is -2.95. The Kier molecular flexibility index (Phi) is 14.3. The predicted molar refractivity (Wildman–Crippen MR) is 179 cm³/mol. The van der Waals surface area contributed by atoms with Crippen molar-refractivity contribution in [3.05, 3.63) is 58.8 Å². The zero-order valence-corrected chi connectivity index (χ0v) is 28.0. The largest absolute Gasteiger partial charge is 0.508 e. The van der Waals surface area contributed by atoms with Crippen LogP contribution in [-0.4, -0.2) is 77.7 Å². The van der Waals surface area contributed by atoms with Gasteiger partial charge in [-0.1, -0.05) is 71.3 Å². The number of carbonyl (C=O) groups excluding carboxylic acids is 2. The lowest BCUT2D eigenvalue weighted by Crippen LogP contribution is -2.44. The van der Waals surface area contributed by atoms with Crippen molar-refractivity contribution in [2.75, 3.05) is 36.8 Å². The van der Waals surface area contributed by atoms with Crippen molar-refractivity contribution >= 4 is 27.4 Å². The van der Waals surface area contributed by atoms with Gasteiger partial charge in [0.15, 0.2) is 11.6 Å². The molecule has 0 amide bonds. The highest BCUT2D eigenvalue weighted by Crippen LogP contribution is 2.44. The van der Waals surface area contributed by atoms with Gasteiger partial charge >= 0.3 is 0 Å². The van der Waals surface area contributed by atoms with Gasteiger partial charge in [-0.15, -0.1) is 0 Å². The first-order chi connectivity index (χ1) is 21.5. The van der Waals surface area contributed by atoms with Crippen LogP contribution in [0.5, 0.6) is 5.75 Å². The summed E-state index contributed by atoms with van der Waals surface area (Å²) in [7, 11) is -4.07. The first-order valence-electron chi connectivity index (χ1n) is 16.7. The van der Waals surface area contributed by atoms with Gasteiger partial charge in [0.1, 0.15) is 5.75 Å². The van der Waals surface area contributed by atoms with Gasteiger partial charge in [0, 0.05) is 66.4 Å². The lowest BCUT2D eigenvalue weighted by atomic mass is 9.68. The number of hydrogen-bond acceptors (Lipinski definition) is 8. The molecule has 1 saturated carbocycles. The quantitative estimate of drug-likeness (QED) is 0.0876. The SMILES string of the molecule is CCCCCCCN(CCCCCCC)c1ccc(C2C(=O)C(=C3C=CC(N(CC)CCCS(=O)(=O)O)=CC3=O)C2O)c(O)c1. The van der Waals surface area contributed by atoms with E-state index in [1.807, 2.05) is 17.9 Å². The number of phenols is 1. The van der Waals surface area contributed by atoms with Crippen LogP contribution in [0.1, 0.15) is 103 Å². The Balaban J connectivity index is 1.70. The number of phenolic OH excluding ortho intramolecular Hbond substituents is 1. The number of rotatable bonds is 20. The van der Waals surface area contributed by atoms with Crippen LogP contribution in [0, 0.1) is 0 Å². The third-order valence-corrected chi connectivity index (χ3v) is 9.57. The van der Waals surface area contributed by atoms with Crippen LogP contribution in [0.4, 0.5) is 5.69 Å². The lowest BCUT2D eigenvalue weighted by molar-refractivity contribution is -0.126. The number of Topliss-reactive ketones (excluding diaryl/α,β-unsaturated/α-hetero) is 1. The number of carbonyl (C=O) groups is 2. The van der Waals surface area contributed by atoms with Gasteiger partial charge in [-0.05, 0) is 44.4 Å². The molecule has 1 fully saturated rings. The molecular weight excluding hydrogens is 592 g/mol. The van der Waals surface area contributed by atoms with Crippen LogP contribution >= 0.6 is 0 Å². The minimum atomic E-state index is -4.07. The number of benzene rings is 1. The van der Waals surface area contributed by atoms with E-state index in [0.29, 0.717) is 24.4 Å². The lowest BCUT2D eigenvalue weighted by Gasteiger charge is -2.36. The summed E-state index contributed by atoms with van der Waals surface area (Å²) < 4.78 is 31.1. The van der Waals surface area contributed by atoms with E-state index in [2.05, 4.69) is 18.7 Å². The van der Waals surface area contributed by atoms with Crippen LogP contribution in [0.15, 0.2) is 53.3 Å². The summed E-state index contributed by atoms with van der Waals surface area (Å²) in [6.07, 6.45) is 15.3. The fourth-order valence-electron chi connectivity index (χ4n) is 6.14. The zero-order valence-electron chi connectivity index (χ0n) is 27.2. The molecule has 0 spiro atoms. The molecule has 3 N–H and O–H groups in total. The highest BCUT2D eigenvalue weighted by Gasteiger charge is 2.48. The van der Waals surface area contributed by atoms with Gasteiger partial charge in [0.05, 0.1) is 17.8 Å². The molecule has 2 aliphatic rings. The summed E-state index contributed by atoms with van der Waals surface area (Å²) in [5.41, 5.74) is 1.98. The first kappa shape index (κ1) is 36.5. The minimum absolute atomic E-state index is 0.0351. The van der Waals surface area contributed by atoms with Crippen molar-refractivity contribution in [3.8, 4) is 5.75 Å². The fraction of sp³-hybridized carbons (Fsp3) is 0.600. The Morgan fingerprint density at radius 1 is 0.800 bits per heavy atom. The molecular formula is C35H52N2O7S. The maximum absolute atomic E-state index is 13.3. The molecule has 1 aromatic rings. The maximum Gasteiger partial charge on any atom is 0.264 e. The molecule has 2 atom stereocenters. The molecule has 3 rings (SSSR count). The van der Waals surface area contributed by atoms with Gasteiger partial charge in [-0.2, -0.15) is 8.42 Å². The summed E-state index contributed by atoms with van der Waals surface area (Å²) in [5, 5.41) is 22.1. The second-order valence-corrected chi connectivity index (χ2v) is 13.7. The molecule has 0 saturated heterocycles. The van der Waals surface area contributed by atoms with Crippen LogP contribution in [0.3, 0.4) is 0 Å². The first-order valence-corrected chi connectivity index (χ1v) is 18.3. The van der Waals surface area contributed by atoms with Crippen molar-refractivity contribution < 1.29 is 32.8 Å². The molecule has 10 heteroatoms. The number of aliphatic hydroxyl groups excluding tert-OH is 1. The zero-order chi connectivity index (χ0) is 33.0. The summed E-state index contributed by atoms with van der Waals surface area (Å²) in [6.45, 7) is 8.90. The molecule has 0 bridgehead atoms. The standard InChI is InChI=1S/C35H52N2O7S/c1-4-7-9-11-13-20-37(21-14-12-10-8-5-2)27-17-19-29(31(39)25-27)33-34(40)32(35(33)41)28-18-16-26(24-30(28)38)36(6-3)22-15-23-45(42,43)44/h16-19,24-25,33-34,39-40H,4-15,20-23H2,1-3H3,(H,42,43,44). The molecule has 2 unspecified atom stereocenters. The van der Waals surface area contributed by atoms with Crippen molar-refractivity contribution in [1.29, 1.82) is 0 Å². The number of aromatic hydroxyl groups is 1. The normalized spacial score (nSPS) is 19.9. The van der Waals surface area contributed by atoms with Crippen LogP contribution < -0.4 is 4.90 Å². The van der Waals surface area contributed by atoms with Crippen LogP contribution in [-0.2, 0) is 19.7 Å². The number of aliphatic hydroxyl groups is 1. The Bertz CT molecular complexity index is 1350. The average molecular weight is 645 g/mol. The fourth-order valence-corrected chi connectivity index (χ4v) is 6.64. The molecule has 0 heterocycles. The van der Waals surface area contributed by atoms with Crippen LogP contribution in [0.2, 0.25) is 0 Å². The van der Waals surface area contributed by atoms with Gasteiger partial charge in [-0.3, -0.25) is 14.1 Å². The third-order valence-electron chi connectivity index (χ3n) is 8.77. The number of hydrogen-bond donors (Lipinski definition) is 3. The smallest absolute Gasteiger partial charge is 0.264 e. The van der Waals surface area contributed by atoms with E-state index in [0.717, 1.165) is 31.6 Å². The second-order valence-electron chi connectivity index (χ2n) is 12.2. The number of likely N-dealkylation sites (N-methyl/N-ethyl adjacent to an activating group) is 1. The van der Waals surface area contributed by atoms with Crippen molar-refractivity contribution in [2.24, 2.45) is 0 Å². The maximum atomic E-state index is 13.3. The van der Waals surface area contributed by atoms with Gasteiger partial charge in [0.25, 0.3) is 10.1 Å². The minimum Gasteiger partial charge on any atom is -0.508 e. The molecule has 1 aromatic carbocycles. The van der Waals surface area contributed by atoms with E-state index in [9.17, 15) is 28.2 Å². The Morgan fingerprint density at radius 2 is 1.40 bits per heavy atom. The van der Waals surface area contributed by atoms with Crippen molar-refractivity contribution in [3.63, 3.8) is 0 Å². The topological polar surface area (TPSA) is 135 Å². The number of allylic oxidation sites excluding steroid dienone is 4. The molecule has 9 nitrogen and oxygen atoms in total. The van der Waals surface area contributed by atoms with E-state index < -0.39 is 27.9 Å². The molecule has 0 radical (unpaired) electrons. The van der Waals surface area contributed by atoms with Crippen molar-refractivity contribution in [2.45, 2.75) is 103 Å². The van der Waals surface area contributed by atoms with E-state index >= 15 is 0 Å². The monoisotopic (exact) mass is 644 g/mol. The summed E-state index contributed by atoms with van der Waals surface area (Å²) in [4.78, 5) is 30.5. The molecule has 2 aliphatic carbocycles. The number of anilines is 1. The Morgan fingerprint density at radius 3 is 1.91 bits per heavy atom. The Labute approximate surface area is 269 Å². The molecule has 0 aromatic heterocycles.